The van der Waals surface area contributed by atoms with Crippen LogP contribution in [0.3, 0.4) is 0 Å². The van der Waals surface area contributed by atoms with Crippen LogP contribution >= 0.6 is 0 Å². The fourth-order valence-electron chi connectivity index (χ4n) is 2.54. The number of aromatic nitrogens is 1. The molecule has 24 heavy (non-hydrogen) atoms. The minimum Gasteiger partial charge on any atom is -0.491 e. The lowest BCUT2D eigenvalue weighted by molar-refractivity contribution is 0.0645. The number of carbonyl (C=O) groups is 1. The number of nitrogens with two attached hydrogens (primary N) is 1. The lowest BCUT2D eigenvalue weighted by Crippen LogP contribution is -2.40. The average Bonchev–Trinajstić information content (AvgIpc) is 2.73. The molecule has 3 rings (SSSR count). The zero-order valence-electron chi connectivity index (χ0n) is 13.0. The number of carbonyl (C=O) groups excluding carboxylic acids is 1. The molecular weight excluding hydrogens is 330 g/mol. The van der Waals surface area contributed by atoms with Gasteiger partial charge in [0.25, 0.3) is 5.91 Å². The van der Waals surface area contributed by atoms with Gasteiger partial charge >= 0.3 is 0 Å². The molecule has 126 valence electrons. The first-order chi connectivity index (χ1) is 11.4. The number of sulfonamides is 1. The van der Waals surface area contributed by atoms with Crippen molar-refractivity contribution < 1.29 is 17.9 Å². The number of fused-ring (bicyclic) bond motifs is 1. The van der Waals surface area contributed by atoms with Crippen molar-refractivity contribution in [3.05, 3.63) is 53.9 Å². The van der Waals surface area contributed by atoms with Crippen LogP contribution in [0.25, 0.3) is 0 Å². The molecule has 0 saturated heterocycles. The Labute approximate surface area is 140 Å². The summed E-state index contributed by atoms with van der Waals surface area (Å²) in [6.45, 7) is 2.60. The number of hydrogen-bond donors (Lipinski definition) is 1. The maximum absolute atomic E-state index is 12.8. The molecule has 1 atom stereocenters. The quantitative estimate of drug-likeness (QED) is 0.878. The molecule has 1 amide bonds. The maximum Gasteiger partial charge on any atom is 0.256 e. The number of benzene rings is 1. The van der Waals surface area contributed by atoms with E-state index in [-0.39, 0.29) is 22.4 Å². The summed E-state index contributed by atoms with van der Waals surface area (Å²) in [5.41, 5.74) is 1.07. The number of primary sulfonamides is 1. The zero-order valence-corrected chi connectivity index (χ0v) is 13.9. The Hall–Kier alpha value is -2.45. The van der Waals surface area contributed by atoms with E-state index < -0.39 is 10.0 Å². The summed E-state index contributed by atoms with van der Waals surface area (Å²) in [5.74, 6) is 0.428. The molecule has 1 aromatic heterocycles. The fraction of sp³-hybridized carbons (Fsp3) is 0.250. The van der Waals surface area contributed by atoms with Crippen molar-refractivity contribution in [3.63, 3.8) is 0 Å². The summed E-state index contributed by atoms with van der Waals surface area (Å²) < 4.78 is 28.6. The van der Waals surface area contributed by atoms with Crippen molar-refractivity contribution in [1.29, 1.82) is 0 Å². The zero-order chi connectivity index (χ0) is 17.3. The third-order valence-electron chi connectivity index (χ3n) is 3.87. The van der Waals surface area contributed by atoms with Crippen LogP contribution in [0.2, 0.25) is 0 Å². The Morgan fingerprint density at radius 3 is 2.83 bits per heavy atom. The monoisotopic (exact) mass is 347 g/mol. The Balaban J connectivity index is 1.94. The van der Waals surface area contributed by atoms with Crippen molar-refractivity contribution in [1.82, 2.24) is 9.88 Å². The van der Waals surface area contributed by atoms with Crippen molar-refractivity contribution >= 4 is 15.9 Å². The summed E-state index contributed by atoms with van der Waals surface area (Å²) in [6, 6.07) is 8.58. The fourth-order valence-corrected chi connectivity index (χ4v) is 3.04. The second kappa shape index (κ2) is 6.21. The molecule has 2 aromatic rings. The van der Waals surface area contributed by atoms with Gasteiger partial charge < -0.3 is 9.64 Å². The van der Waals surface area contributed by atoms with Crippen LogP contribution in [-0.4, -0.2) is 36.9 Å². The molecule has 0 radical (unpaired) electrons. The van der Waals surface area contributed by atoms with Gasteiger partial charge in [0, 0.05) is 18.0 Å². The second-order valence-electron chi connectivity index (χ2n) is 5.66. The molecular formula is C16H17N3O4S. The van der Waals surface area contributed by atoms with Gasteiger partial charge in [-0.15, -0.1) is 0 Å². The molecule has 2 heterocycles. The highest BCUT2D eigenvalue weighted by atomic mass is 32.2. The Morgan fingerprint density at radius 2 is 2.08 bits per heavy atom. The lowest BCUT2D eigenvalue weighted by atomic mass is 10.1. The lowest BCUT2D eigenvalue weighted by Gasteiger charge is -2.26. The van der Waals surface area contributed by atoms with Gasteiger partial charge in [-0.2, -0.15) is 0 Å². The summed E-state index contributed by atoms with van der Waals surface area (Å²) >= 11 is 0. The van der Waals surface area contributed by atoms with E-state index in [1.54, 1.807) is 4.90 Å². The second-order valence-corrected chi connectivity index (χ2v) is 7.22. The predicted molar refractivity (Wildman–Crippen MR) is 86.9 cm³/mol. The minimum absolute atomic E-state index is 0.174. The molecule has 0 fully saturated rings. The van der Waals surface area contributed by atoms with E-state index in [0.29, 0.717) is 13.2 Å². The van der Waals surface area contributed by atoms with E-state index in [4.69, 9.17) is 9.88 Å². The van der Waals surface area contributed by atoms with Gasteiger partial charge in [-0.3, -0.25) is 9.78 Å². The molecule has 2 N–H and O–H groups in total. The normalized spacial score (nSPS) is 17.6. The summed E-state index contributed by atoms with van der Waals surface area (Å²) in [7, 11) is -3.92. The van der Waals surface area contributed by atoms with Crippen LogP contribution in [-0.2, 0) is 16.6 Å². The van der Waals surface area contributed by atoms with Crippen LogP contribution in [0.1, 0.15) is 22.8 Å². The molecule has 1 aliphatic rings. The largest absolute Gasteiger partial charge is 0.491 e. The van der Waals surface area contributed by atoms with Gasteiger partial charge in [0.05, 0.1) is 18.2 Å². The van der Waals surface area contributed by atoms with Gasteiger partial charge in [-0.05, 0) is 19.1 Å². The Morgan fingerprint density at radius 1 is 1.33 bits per heavy atom. The van der Waals surface area contributed by atoms with Gasteiger partial charge in [-0.25, -0.2) is 13.6 Å². The topological polar surface area (TPSA) is 103 Å². The van der Waals surface area contributed by atoms with Crippen molar-refractivity contribution in [2.45, 2.75) is 24.4 Å². The molecule has 1 aliphatic heterocycles. The molecule has 8 heteroatoms. The first-order valence-corrected chi connectivity index (χ1v) is 8.90. The summed E-state index contributed by atoms with van der Waals surface area (Å²) in [5, 5.41) is 5.11. The third kappa shape index (κ3) is 3.24. The van der Waals surface area contributed by atoms with Crippen LogP contribution in [0.15, 0.2) is 47.6 Å². The number of nitrogens with zero attached hydrogens (tertiary/aromatic N) is 2. The maximum atomic E-state index is 12.8. The summed E-state index contributed by atoms with van der Waals surface area (Å²) in [4.78, 5) is 18.1. The molecule has 7 nitrogen and oxygen atoms in total. The average molecular weight is 347 g/mol. The SMILES string of the molecule is CC1COc2ccccc2CN1C(=O)c1cncc(S(N)(=O)=O)c1. The third-order valence-corrected chi connectivity index (χ3v) is 4.76. The number of amides is 1. The highest BCUT2D eigenvalue weighted by molar-refractivity contribution is 7.89. The molecule has 1 aromatic carbocycles. The van der Waals surface area contributed by atoms with Crippen LogP contribution < -0.4 is 9.88 Å². The molecule has 0 saturated carbocycles. The molecule has 0 aliphatic carbocycles. The molecule has 0 bridgehead atoms. The number of para-hydroxylation sites is 1. The number of pyridine rings is 1. The van der Waals surface area contributed by atoms with E-state index >= 15 is 0 Å². The number of rotatable bonds is 2. The van der Waals surface area contributed by atoms with Crippen LogP contribution in [0.5, 0.6) is 5.75 Å². The minimum atomic E-state index is -3.92. The van der Waals surface area contributed by atoms with Crippen molar-refractivity contribution in [2.75, 3.05) is 6.61 Å². The van der Waals surface area contributed by atoms with Gasteiger partial charge in [0.15, 0.2) is 0 Å². The van der Waals surface area contributed by atoms with Crippen LogP contribution in [0.4, 0.5) is 0 Å². The van der Waals surface area contributed by atoms with E-state index in [9.17, 15) is 13.2 Å². The van der Waals surface area contributed by atoms with Gasteiger partial charge in [-0.1, -0.05) is 18.2 Å². The van der Waals surface area contributed by atoms with Crippen molar-refractivity contribution in [3.8, 4) is 5.75 Å². The smallest absolute Gasteiger partial charge is 0.256 e. The summed E-state index contributed by atoms with van der Waals surface area (Å²) in [6.07, 6.45) is 2.46. The standard InChI is InChI=1S/C16H17N3O4S/c1-11-10-23-15-5-3-2-4-12(15)9-19(11)16(20)13-6-14(8-18-7-13)24(17,21)22/h2-8,11H,9-10H2,1H3,(H2,17,21,22). The van der Waals surface area contributed by atoms with E-state index in [0.717, 1.165) is 17.5 Å². The highest BCUT2D eigenvalue weighted by Crippen LogP contribution is 2.26. The van der Waals surface area contributed by atoms with Crippen LogP contribution in [0, 0.1) is 0 Å². The van der Waals surface area contributed by atoms with E-state index in [2.05, 4.69) is 4.98 Å². The molecule has 1 unspecified atom stereocenters. The van der Waals surface area contributed by atoms with E-state index in [1.165, 1.54) is 12.3 Å². The van der Waals surface area contributed by atoms with Gasteiger partial charge in [0.2, 0.25) is 10.0 Å². The number of hydrogen-bond acceptors (Lipinski definition) is 5. The Kier molecular flexibility index (Phi) is 4.25. The number of ether oxygens (including phenoxy) is 1. The first-order valence-electron chi connectivity index (χ1n) is 7.36. The van der Waals surface area contributed by atoms with E-state index in [1.807, 2.05) is 31.2 Å². The molecule has 0 spiro atoms. The predicted octanol–water partition coefficient (Wildman–Crippen LogP) is 1.15. The highest BCUT2D eigenvalue weighted by Gasteiger charge is 2.27. The Bertz CT molecular complexity index is 882. The van der Waals surface area contributed by atoms with Crippen molar-refractivity contribution in [2.24, 2.45) is 5.14 Å². The first kappa shape index (κ1) is 16.4. The van der Waals surface area contributed by atoms with Gasteiger partial charge in [0.1, 0.15) is 17.3 Å².